The molecule has 0 spiro atoms. The molecule has 0 unspecified atom stereocenters. The van der Waals surface area contributed by atoms with E-state index >= 15 is 0 Å². The van der Waals surface area contributed by atoms with Crippen LogP contribution in [0.2, 0.25) is 5.02 Å². The van der Waals surface area contributed by atoms with E-state index in [4.69, 9.17) is 11.6 Å². The van der Waals surface area contributed by atoms with Crippen LogP contribution >= 0.6 is 39.3 Å². The first-order chi connectivity index (χ1) is 12.5. The zero-order valence-electron chi connectivity index (χ0n) is 14.1. The number of carbonyl (C=O) groups is 1. The number of anilines is 1. The maximum Gasteiger partial charge on any atom is 0.255 e. The van der Waals surface area contributed by atoms with E-state index in [1.165, 1.54) is 16.0 Å². The number of benzene rings is 3. The zero-order chi connectivity index (χ0) is 18.5. The number of halogens is 2. The smallest absolute Gasteiger partial charge is 0.255 e. The lowest BCUT2D eigenvalue weighted by Crippen LogP contribution is -2.11. The number of thioether (sulfide) groups is 1. The Bertz CT molecular complexity index is 910. The molecule has 0 saturated heterocycles. The lowest BCUT2D eigenvalue weighted by atomic mass is 10.1. The molecule has 5 heteroatoms. The van der Waals surface area contributed by atoms with E-state index in [0.717, 1.165) is 10.2 Å². The molecule has 3 aromatic carbocycles. The van der Waals surface area contributed by atoms with Crippen molar-refractivity contribution in [3.05, 3.63) is 92.9 Å². The molecular weight excluding hydrogens is 430 g/mol. The first kappa shape index (κ1) is 19.0. The van der Waals surface area contributed by atoms with E-state index in [1.54, 1.807) is 23.9 Å². The predicted octanol–water partition coefficient (Wildman–Crippen LogP) is 6.96. The van der Waals surface area contributed by atoms with Crippen molar-refractivity contribution in [2.24, 2.45) is 0 Å². The van der Waals surface area contributed by atoms with Gasteiger partial charge in [0.25, 0.3) is 5.91 Å². The molecule has 0 fully saturated rings. The van der Waals surface area contributed by atoms with Crippen LogP contribution in [0, 0.1) is 6.92 Å². The monoisotopic (exact) mass is 445 g/mol. The topological polar surface area (TPSA) is 29.1 Å². The van der Waals surface area contributed by atoms with Crippen LogP contribution in [0.1, 0.15) is 21.5 Å². The fourth-order valence-electron chi connectivity index (χ4n) is 2.33. The van der Waals surface area contributed by atoms with Gasteiger partial charge in [-0.05, 0) is 70.9 Å². The summed E-state index contributed by atoms with van der Waals surface area (Å²) in [7, 11) is 0. The highest BCUT2D eigenvalue weighted by atomic mass is 79.9. The van der Waals surface area contributed by atoms with Crippen molar-refractivity contribution in [3.8, 4) is 0 Å². The Hall–Kier alpha value is -1.75. The van der Waals surface area contributed by atoms with E-state index in [1.807, 2.05) is 30.3 Å². The molecule has 0 heterocycles. The fourth-order valence-corrected chi connectivity index (χ4v) is 3.61. The summed E-state index contributed by atoms with van der Waals surface area (Å²) in [6.07, 6.45) is 0. The van der Waals surface area contributed by atoms with E-state index in [9.17, 15) is 4.79 Å². The van der Waals surface area contributed by atoms with Gasteiger partial charge in [0.1, 0.15) is 0 Å². The number of aryl methyl sites for hydroxylation is 1. The van der Waals surface area contributed by atoms with Crippen LogP contribution in [0.15, 0.2) is 76.1 Å². The maximum absolute atomic E-state index is 12.4. The van der Waals surface area contributed by atoms with Crippen LogP contribution in [0.4, 0.5) is 5.69 Å². The van der Waals surface area contributed by atoms with Crippen molar-refractivity contribution in [3.63, 3.8) is 0 Å². The lowest BCUT2D eigenvalue weighted by molar-refractivity contribution is 0.102. The van der Waals surface area contributed by atoms with Crippen LogP contribution in [0.25, 0.3) is 0 Å². The molecular formula is C21H17BrClNOS. The Morgan fingerprint density at radius 2 is 1.73 bits per heavy atom. The molecule has 0 atom stereocenters. The second-order valence-corrected chi connectivity index (χ2v) is 8.19. The first-order valence-electron chi connectivity index (χ1n) is 8.06. The summed E-state index contributed by atoms with van der Waals surface area (Å²) in [4.78, 5) is 13.6. The van der Waals surface area contributed by atoms with E-state index in [2.05, 4.69) is 52.4 Å². The Morgan fingerprint density at radius 1 is 1.04 bits per heavy atom. The van der Waals surface area contributed by atoms with Crippen molar-refractivity contribution in [2.75, 3.05) is 5.32 Å². The quantitative estimate of drug-likeness (QED) is 0.429. The van der Waals surface area contributed by atoms with Gasteiger partial charge >= 0.3 is 0 Å². The van der Waals surface area contributed by atoms with Crippen molar-refractivity contribution in [2.45, 2.75) is 17.6 Å². The van der Waals surface area contributed by atoms with Gasteiger partial charge < -0.3 is 5.32 Å². The number of nitrogens with one attached hydrogen (secondary N) is 1. The van der Waals surface area contributed by atoms with Gasteiger partial charge in [0.2, 0.25) is 0 Å². The van der Waals surface area contributed by atoms with Gasteiger partial charge in [-0.3, -0.25) is 4.79 Å². The minimum Gasteiger partial charge on any atom is -0.322 e. The van der Waals surface area contributed by atoms with Crippen molar-refractivity contribution < 1.29 is 4.79 Å². The van der Waals surface area contributed by atoms with Crippen LogP contribution in [0.5, 0.6) is 0 Å². The average molecular weight is 447 g/mol. The molecule has 132 valence electrons. The SMILES string of the molecule is Cc1ccc(SCc2ccc(C(=O)Nc3ccc(Br)c(Cl)c3)cc2)cc1. The largest absolute Gasteiger partial charge is 0.322 e. The summed E-state index contributed by atoms with van der Waals surface area (Å²) in [5.41, 5.74) is 3.73. The number of amides is 1. The van der Waals surface area contributed by atoms with Gasteiger partial charge in [-0.2, -0.15) is 0 Å². The van der Waals surface area contributed by atoms with E-state index in [0.29, 0.717) is 16.3 Å². The Balaban J connectivity index is 1.60. The molecule has 1 N–H and O–H groups in total. The van der Waals surface area contributed by atoms with Crippen molar-refractivity contribution in [1.82, 2.24) is 0 Å². The highest BCUT2D eigenvalue weighted by molar-refractivity contribution is 9.10. The third-order valence-electron chi connectivity index (χ3n) is 3.82. The molecule has 26 heavy (non-hydrogen) atoms. The molecule has 0 aromatic heterocycles. The summed E-state index contributed by atoms with van der Waals surface area (Å²) in [6, 6.07) is 21.5. The van der Waals surface area contributed by atoms with Crippen LogP contribution in [-0.2, 0) is 5.75 Å². The average Bonchev–Trinajstić information content (AvgIpc) is 2.65. The van der Waals surface area contributed by atoms with Gasteiger partial charge in [-0.1, -0.05) is 41.4 Å². The predicted molar refractivity (Wildman–Crippen MR) is 114 cm³/mol. The van der Waals surface area contributed by atoms with Gasteiger partial charge in [0.05, 0.1) is 5.02 Å². The van der Waals surface area contributed by atoms with Gasteiger partial charge in [0, 0.05) is 26.4 Å². The Labute approximate surface area is 171 Å². The number of rotatable bonds is 5. The van der Waals surface area contributed by atoms with Crippen molar-refractivity contribution in [1.29, 1.82) is 0 Å². The Kier molecular flexibility index (Phi) is 6.41. The van der Waals surface area contributed by atoms with Gasteiger partial charge in [-0.15, -0.1) is 11.8 Å². The number of hydrogen-bond acceptors (Lipinski definition) is 2. The normalized spacial score (nSPS) is 10.6. The van der Waals surface area contributed by atoms with E-state index in [-0.39, 0.29) is 5.91 Å². The molecule has 0 radical (unpaired) electrons. The summed E-state index contributed by atoms with van der Waals surface area (Å²) in [6.45, 7) is 2.08. The molecule has 0 aliphatic carbocycles. The van der Waals surface area contributed by atoms with Crippen molar-refractivity contribution >= 4 is 50.9 Å². The molecule has 0 bridgehead atoms. The van der Waals surface area contributed by atoms with Gasteiger partial charge in [0.15, 0.2) is 0 Å². The minimum absolute atomic E-state index is 0.152. The summed E-state index contributed by atoms with van der Waals surface area (Å²) < 4.78 is 0.799. The third kappa shape index (κ3) is 5.13. The lowest BCUT2D eigenvalue weighted by Gasteiger charge is -2.08. The third-order valence-corrected chi connectivity index (χ3v) is 6.14. The highest BCUT2D eigenvalue weighted by Crippen LogP contribution is 2.26. The Morgan fingerprint density at radius 3 is 2.38 bits per heavy atom. The highest BCUT2D eigenvalue weighted by Gasteiger charge is 2.07. The number of hydrogen-bond donors (Lipinski definition) is 1. The second-order valence-electron chi connectivity index (χ2n) is 5.88. The molecule has 0 aliphatic heterocycles. The fraction of sp³-hybridized carbons (Fsp3) is 0.0952. The van der Waals surface area contributed by atoms with Crippen LogP contribution < -0.4 is 5.32 Å². The molecule has 0 saturated carbocycles. The molecule has 1 amide bonds. The summed E-state index contributed by atoms with van der Waals surface area (Å²) in [5, 5.41) is 3.42. The molecule has 3 aromatic rings. The summed E-state index contributed by atoms with van der Waals surface area (Å²) in [5.74, 6) is 0.717. The van der Waals surface area contributed by atoms with Crippen LogP contribution in [-0.4, -0.2) is 5.91 Å². The first-order valence-corrected chi connectivity index (χ1v) is 10.2. The molecule has 3 rings (SSSR count). The standard InChI is InChI=1S/C21H17BrClNOS/c1-14-2-9-18(10-3-14)26-13-15-4-6-16(7-5-15)21(25)24-17-8-11-19(22)20(23)12-17/h2-12H,13H2,1H3,(H,24,25). The second kappa shape index (κ2) is 8.76. The minimum atomic E-state index is -0.152. The molecule has 0 aliphatic rings. The van der Waals surface area contributed by atoms with Crippen LogP contribution in [0.3, 0.4) is 0 Å². The maximum atomic E-state index is 12.4. The van der Waals surface area contributed by atoms with Gasteiger partial charge in [-0.25, -0.2) is 0 Å². The zero-order valence-corrected chi connectivity index (χ0v) is 17.3. The summed E-state index contributed by atoms with van der Waals surface area (Å²) >= 11 is 11.2. The van der Waals surface area contributed by atoms with E-state index < -0.39 is 0 Å². The number of carbonyl (C=O) groups excluding carboxylic acids is 1. The molecule has 2 nitrogen and oxygen atoms in total.